The molecule has 0 rings (SSSR count). The molecule has 388 valence electrons. The first kappa shape index (κ1) is 63.1. The summed E-state index contributed by atoms with van der Waals surface area (Å²) in [6, 6.07) is 0. The molecule has 0 aliphatic heterocycles. The van der Waals surface area contributed by atoms with E-state index in [-0.39, 0.29) is 63.3 Å². The molecule has 0 aliphatic rings. The van der Waals surface area contributed by atoms with Gasteiger partial charge in [-0.25, -0.2) is 4.79 Å². The highest BCUT2D eigenvalue weighted by molar-refractivity contribution is 5.70. The molecule has 0 N–H and O–H groups in total. The topological polar surface area (TPSA) is 144 Å². The fourth-order valence-corrected chi connectivity index (χ4v) is 7.83. The van der Waals surface area contributed by atoms with E-state index < -0.39 is 18.0 Å². The van der Waals surface area contributed by atoms with Crippen molar-refractivity contribution >= 4 is 30.0 Å². The van der Waals surface area contributed by atoms with Gasteiger partial charge in [0.15, 0.2) is 0 Å². The molecule has 66 heavy (non-hydrogen) atoms. The van der Waals surface area contributed by atoms with Gasteiger partial charge < -0.3 is 33.3 Å². The van der Waals surface area contributed by atoms with E-state index in [1.165, 1.54) is 103 Å². The van der Waals surface area contributed by atoms with Crippen molar-refractivity contribution in [1.29, 1.82) is 0 Å². The van der Waals surface area contributed by atoms with Gasteiger partial charge in [-0.2, -0.15) is 0 Å². The zero-order chi connectivity index (χ0) is 48.6. The Kier molecular flexibility index (Phi) is 46.4. The third-order valence-corrected chi connectivity index (χ3v) is 12.2. The van der Waals surface area contributed by atoms with Crippen LogP contribution in [0.1, 0.15) is 253 Å². The fourth-order valence-electron chi connectivity index (χ4n) is 7.83. The van der Waals surface area contributed by atoms with Crippen LogP contribution in [0.5, 0.6) is 0 Å². The lowest BCUT2D eigenvalue weighted by atomic mass is 10.0. The molecule has 0 radical (unpaired) electrons. The van der Waals surface area contributed by atoms with Gasteiger partial charge in [-0.15, -0.1) is 0 Å². The van der Waals surface area contributed by atoms with E-state index in [9.17, 15) is 24.0 Å². The Morgan fingerprint density at radius 1 is 0.364 bits per heavy atom. The molecule has 0 saturated heterocycles. The maximum Gasteiger partial charge on any atom is 0.508 e. The Labute approximate surface area is 403 Å². The third kappa shape index (κ3) is 43.7. The van der Waals surface area contributed by atoms with Gasteiger partial charge in [0, 0.05) is 32.2 Å². The molecular weight excluding hydrogens is 839 g/mol. The van der Waals surface area contributed by atoms with Crippen molar-refractivity contribution < 1.29 is 52.4 Å². The van der Waals surface area contributed by atoms with Crippen LogP contribution < -0.4 is 0 Å². The van der Waals surface area contributed by atoms with E-state index in [0.717, 1.165) is 77.4 Å². The lowest BCUT2D eigenvalue weighted by Crippen LogP contribution is -2.27. The average Bonchev–Trinajstić information content (AvgIpc) is 3.31. The van der Waals surface area contributed by atoms with Crippen molar-refractivity contribution in [2.24, 2.45) is 5.92 Å². The number of carbonyl (C=O) groups excluding carboxylic acids is 5. The normalized spacial score (nSPS) is 11.7. The Morgan fingerprint density at radius 2 is 0.727 bits per heavy atom. The first-order chi connectivity index (χ1) is 32.2. The maximum absolute atomic E-state index is 12.8. The average molecular weight is 940 g/mol. The van der Waals surface area contributed by atoms with Crippen LogP contribution in [0.15, 0.2) is 0 Å². The number of rotatable bonds is 49. The Morgan fingerprint density at radius 3 is 1.20 bits per heavy atom. The van der Waals surface area contributed by atoms with Gasteiger partial charge in [0.1, 0.15) is 25.9 Å². The molecule has 0 fully saturated rings. The molecule has 0 aromatic rings. The molecule has 0 amide bonds. The summed E-state index contributed by atoms with van der Waals surface area (Å²) in [7, 11) is 0. The summed E-state index contributed by atoms with van der Waals surface area (Å²) in [5.41, 5.74) is 0. The van der Waals surface area contributed by atoms with Crippen LogP contribution in [0.25, 0.3) is 0 Å². The van der Waals surface area contributed by atoms with Gasteiger partial charge in [-0.05, 0) is 77.3 Å². The summed E-state index contributed by atoms with van der Waals surface area (Å²) in [6.45, 7) is 13.9. The highest BCUT2D eigenvalue weighted by Gasteiger charge is 2.19. The van der Waals surface area contributed by atoms with Crippen molar-refractivity contribution in [3.63, 3.8) is 0 Å². The van der Waals surface area contributed by atoms with Crippen LogP contribution in [-0.4, -0.2) is 93.7 Å². The molecule has 0 saturated carbocycles. The molecule has 0 bridgehead atoms. The molecular formula is C54H101NO11. The largest absolute Gasteiger partial charge is 0.508 e. The minimum absolute atomic E-state index is 0.0124. The number of hydrogen-bond acceptors (Lipinski definition) is 12. The van der Waals surface area contributed by atoms with E-state index in [4.69, 9.17) is 28.4 Å². The van der Waals surface area contributed by atoms with Crippen molar-refractivity contribution in [2.75, 3.05) is 52.7 Å². The van der Waals surface area contributed by atoms with Gasteiger partial charge in [0.25, 0.3) is 0 Å². The van der Waals surface area contributed by atoms with Gasteiger partial charge in [0.2, 0.25) is 0 Å². The summed E-state index contributed by atoms with van der Waals surface area (Å²) in [4.78, 5) is 64.8. The van der Waals surface area contributed by atoms with Gasteiger partial charge in [-0.1, -0.05) is 163 Å². The second kappa shape index (κ2) is 48.6. The van der Waals surface area contributed by atoms with E-state index in [1.807, 2.05) is 0 Å². The summed E-state index contributed by atoms with van der Waals surface area (Å²) in [5.74, 6) is -1.66. The van der Waals surface area contributed by atoms with Crippen LogP contribution in [0.3, 0.4) is 0 Å². The first-order valence-electron chi connectivity index (χ1n) is 27.4. The first-order valence-corrected chi connectivity index (χ1v) is 27.4. The predicted molar refractivity (Wildman–Crippen MR) is 265 cm³/mol. The molecule has 1 unspecified atom stereocenters. The molecule has 12 nitrogen and oxygen atoms in total. The van der Waals surface area contributed by atoms with Crippen LogP contribution >= 0.6 is 0 Å². The summed E-state index contributed by atoms with van der Waals surface area (Å²) in [5, 5.41) is 0. The molecule has 1 atom stereocenters. The van der Waals surface area contributed by atoms with Crippen molar-refractivity contribution in [2.45, 2.75) is 259 Å². The third-order valence-electron chi connectivity index (χ3n) is 12.2. The quantitative estimate of drug-likeness (QED) is 0.0325. The van der Waals surface area contributed by atoms with Crippen molar-refractivity contribution in [1.82, 2.24) is 4.90 Å². The second-order valence-corrected chi connectivity index (χ2v) is 18.4. The number of carbonyl (C=O) groups is 5. The number of nitrogens with zero attached hydrogens (tertiary/aromatic N) is 1. The standard InChI is InChI=1S/C54H101NO11/c1-6-11-14-17-20-21-26-34-43-61-50(56)38-32-27-33-40-52(58)64-46-48(47-65-54(60)62-44-35-42-55(9-4)10-5)45-63-51(57)39-30-24-25-31-41-53(59)66-49(36-28-22-18-15-12-7-2)37-29-23-19-16-13-8-3/h48-49H,6-47H2,1-5H3. The van der Waals surface area contributed by atoms with Crippen LogP contribution in [0.2, 0.25) is 0 Å². The zero-order valence-electron chi connectivity index (χ0n) is 43.3. The van der Waals surface area contributed by atoms with E-state index in [2.05, 4.69) is 39.5 Å². The number of ether oxygens (including phenoxy) is 6. The molecule has 0 aromatic heterocycles. The summed E-state index contributed by atoms with van der Waals surface area (Å²) >= 11 is 0. The van der Waals surface area contributed by atoms with E-state index in [0.29, 0.717) is 51.6 Å². The van der Waals surface area contributed by atoms with Gasteiger partial charge in [-0.3, -0.25) is 19.2 Å². The summed E-state index contributed by atoms with van der Waals surface area (Å²) < 4.78 is 33.0. The number of esters is 4. The molecule has 0 heterocycles. The number of unbranched alkanes of at least 4 members (excludes halogenated alkanes) is 22. The SMILES string of the molecule is CCCCCCCCCCOC(=O)CCCCCC(=O)OCC(COC(=O)CCCCCCC(=O)OC(CCCCCCCC)CCCCCCCC)COC(=O)OCCCN(CC)CC. The monoisotopic (exact) mass is 940 g/mol. The van der Waals surface area contributed by atoms with Gasteiger partial charge >= 0.3 is 30.0 Å². The van der Waals surface area contributed by atoms with Crippen LogP contribution in [-0.2, 0) is 47.6 Å². The minimum Gasteiger partial charge on any atom is -0.466 e. The van der Waals surface area contributed by atoms with Gasteiger partial charge in [0.05, 0.1) is 19.1 Å². The van der Waals surface area contributed by atoms with Crippen LogP contribution in [0.4, 0.5) is 4.79 Å². The minimum atomic E-state index is -0.816. The zero-order valence-corrected chi connectivity index (χ0v) is 43.3. The highest BCUT2D eigenvalue weighted by atomic mass is 16.7. The van der Waals surface area contributed by atoms with Crippen LogP contribution in [0, 0.1) is 5.92 Å². The molecule has 0 spiro atoms. The Hall–Kier alpha value is -2.89. The Balaban J connectivity index is 4.65. The summed E-state index contributed by atoms with van der Waals surface area (Å²) in [6.07, 6.45) is 32.0. The van der Waals surface area contributed by atoms with E-state index in [1.54, 1.807) is 0 Å². The lowest BCUT2D eigenvalue weighted by molar-refractivity contribution is -0.151. The van der Waals surface area contributed by atoms with E-state index >= 15 is 0 Å². The predicted octanol–water partition coefficient (Wildman–Crippen LogP) is 14.0. The molecule has 0 aliphatic carbocycles. The molecule has 0 aromatic carbocycles. The van der Waals surface area contributed by atoms with Crippen molar-refractivity contribution in [3.8, 4) is 0 Å². The van der Waals surface area contributed by atoms with Crippen molar-refractivity contribution in [3.05, 3.63) is 0 Å². The second-order valence-electron chi connectivity index (χ2n) is 18.4. The maximum atomic E-state index is 12.8. The number of hydrogen-bond donors (Lipinski definition) is 0. The smallest absolute Gasteiger partial charge is 0.466 e. The highest BCUT2D eigenvalue weighted by Crippen LogP contribution is 2.19. The lowest BCUT2D eigenvalue weighted by Gasteiger charge is -2.18. The fraction of sp³-hybridized carbons (Fsp3) is 0.907. The molecule has 12 heteroatoms. The Bertz CT molecular complexity index is 1130.